The summed E-state index contributed by atoms with van der Waals surface area (Å²) in [6.07, 6.45) is 8.69. The van der Waals surface area contributed by atoms with Crippen molar-refractivity contribution < 1.29 is 28.7 Å². The van der Waals surface area contributed by atoms with Crippen LogP contribution < -0.4 is 0 Å². The Morgan fingerprint density at radius 2 is 0.927 bits per heavy atom. The van der Waals surface area contributed by atoms with E-state index in [0.29, 0.717) is 25.7 Å². The van der Waals surface area contributed by atoms with Crippen molar-refractivity contribution in [3.8, 4) is 0 Å². The molecule has 2 aliphatic heterocycles. The summed E-state index contributed by atoms with van der Waals surface area (Å²) in [4.78, 5) is 56.5. The highest BCUT2D eigenvalue weighted by molar-refractivity contribution is 5.89. The summed E-state index contributed by atoms with van der Waals surface area (Å²) in [5, 5.41) is 0. The minimum absolute atomic E-state index is 0.0616. The average molecular weight is 569 g/mol. The average Bonchev–Trinajstić information content (AvgIpc) is 3.42. The fourth-order valence-electron chi connectivity index (χ4n) is 8.87. The third-order valence-electron chi connectivity index (χ3n) is 9.69. The van der Waals surface area contributed by atoms with E-state index in [-0.39, 0.29) is 47.8 Å². The van der Waals surface area contributed by atoms with Gasteiger partial charge in [0.25, 0.3) is 0 Å². The summed E-state index contributed by atoms with van der Waals surface area (Å²) < 4.78 is 12.3. The Bertz CT molecular complexity index is 1040. The SMILES string of the molecule is C=CC(=O)N1C(C)(C)CC(OC(=O)C2C3C=CC(C3)C2C(=O)OC2CC(C)(C)N(C(=O)C=C)C(C)(C)C2)CC1(C)C. The molecule has 0 aromatic rings. The summed E-state index contributed by atoms with van der Waals surface area (Å²) in [6, 6.07) is 0. The van der Waals surface area contributed by atoms with Gasteiger partial charge in [-0.15, -0.1) is 0 Å². The van der Waals surface area contributed by atoms with Crippen molar-refractivity contribution in [2.75, 3.05) is 0 Å². The predicted octanol–water partition coefficient (Wildman–Crippen LogP) is 4.98. The molecule has 226 valence electrons. The van der Waals surface area contributed by atoms with Gasteiger partial charge >= 0.3 is 11.9 Å². The highest BCUT2D eigenvalue weighted by Crippen LogP contribution is 2.50. The van der Waals surface area contributed by atoms with Crippen LogP contribution in [0.4, 0.5) is 0 Å². The predicted molar refractivity (Wildman–Crippen MR) is 156 cm³/mol. The van der Waals surface area contributed by atoms with E-state index in [4.69, 9.17) is 9.47 Å². The quantitative estimate of drug-likeness (QED) is 0.255. The Morgan fingerprint density at radius 1 is 0.634 bits per heavy atom. The number of amides is 2. The van der Waals surface area contributed by atoms with Gasteiger partial charge in [-0.2, -0.15) is 0 Å². The van der Waals surface area contributed by atoms with Crippen LogP contribution in [0.25, 0.3) is 0 Å². The molecule has 4 aliphatic rings. The van der Waals surface area contributed by atoms with Crippen LogP contribution in [0, 0.1) is 23.7 Å². The first-order valence-electron chi connectivity index (χ1n) is 14.9. The third-order valence-corrected chi connectivity index (χ3v) is 9.69. The maximum Gasteiger partial charge on any atom is 0.310 e. The van der Waals surface area contributed by atoms with Crippen molar-refractivity contribution >= 4 is 23.8 Å². The number of rotatable bonds is 6. The lowest BCUT2D eigenvalue weighted by Gasteiger charge is -2.54. The molecule has 0 aromatic heterocycles. The first kappa shape index (κ1) is 31.0. The van der Waals surface area contributed by atoms with Crippen LogP contribution in [0.5, 0.6) is 0 Å². The molecule has 8 nitrogen and oxygen atoms in total. The third kappa shape index (κ3) is 5.63. The monoisotopic (exact) mass is 568 g/mol. The van der Waals surface area contributed by atoms with Gasteiger partial charge in [0.05, 0.1) is 11.8 Å². The summed E-state index contributed by atoms with van der Waals surface area (Å²) in [5.41, 5.74) is -2.14. The molecule has 2 heterocycles. The lowest BCUT2D eigenvalue weighted by Crippen LogP contribution is -2.64. The number of allylic oxidation sites excluding steroid dienone is 2. The first-order valence-corrected chi connectivity index (χ1v) is 14.9. The van der Waals surface area contributed by atoms with Crippen molar-refractivity contribution in [2.24, 2.45) is 23.7 Å². The number of likely N-dealkylation sites (tertiary alicyclic amines) is 2. The van der Waals surface area contributed by atoms with Gasteiger partial charge in [-0.25, -0.2) is 0 Å². The van der Waals surface area contributed by atoms with Gasteiger partial charge in [0.15, 0.2) is 0 Å². The molecule has 41 heavy (non-hydrogen) atoms. The Hall–Kier alpha value is -2.90. The van der Waals surface area contributed by atoms with Crippen LogP contribution in [0.2, 0.25) is 0 Å². The maximum absolute atomic E-state index is 13.7. The van der Waals surface area contributed by atoms with E-state index in [0.717, 1.165) is 6.42 Å². The fraction of sp³-hybridized carbons (Fsp3) is 0.697. The molecule has 0 aromatic carbocycles. The molecule has 1 saturated carbocycles. The van der Waals surface area contributed by atoms with Gasteiger partial charge in [-0.3, -0.25) is 19.2 Å². The van der Waals surface area contributed by atoms with Crippen molar-refractivity contribution in [3.63, 3.8) is 0 Å². The van der Waals surface area contributed by atoms with Crippen molar-refractivity contribution in [1.29, 1.82) is 0 Å². The molecule has 4 unspecified atom stereocenters. The number of fused-ring (bicyclic) bond motifs is 2. The molecule has 3 fully saturated rings. The Labute approximate surface area is 245 Å². The molecule has 8 heteroatoms. The summed E-state index contributed by atoms with van der Waals surface area (Å²) in [7, 11) is 0. The van der Waals surface area contributed by atoms with Gasteiger partial charge in [-0.05, 0) is 85.8 Å². The molecule has 4 atom stereocenters. The minimum atomic E-state index is -0.597. The Kier molecular flexibility index (Phi) is 7.89. The normalized spacial score (nSPS) is 31.4. The molecule has 0 N–H and O–H groups in total. The second-order valence-corrected chi connectivity index (χ2v) is 14.9. The number of carbonyl (C=O) groups is 4. The molecular weight excluding hydrogens is 520 g/mol. The smallest absolute Gasteiger partial charge is 0.310 e. The zero-order chi connectivity index (χ0) is 30.7. The highest BCUT2D eigenvalue weighted by atomic mass is 16.6. The summed E-state index contributed by atoms with van der Waals surface area (Å²) >= 11 is 0. The van der Waals surface area contributed by atoms with Crippen molar-refractivity contribution in [3.05, 3.63) is 37.5 Å². The number of ether oxygens (including phenoxy) is 2. The summed E-state index contributed by atoms with van der Waals surface area (Å²) in [6.45, 7) is 23.2. The van der Waals surface area contributed by atoms with Crippen LogP contribution in [0.3, 0.4) is 0 Å². The summed E-state index contributed by atoms with van der Waals surface area (Å²) in [5.74, 6) is -2.33. The second-order valence-electron chi connectivity index (χ2n) is 14.9. The maximum atomic E-state index is 13.7. The number of nitrogens with zero attached hydrogens (tertiary/aromatic N) is 2. The van der Waals surface area contributed by atoms with E-state index in [9.17, 15) is 19.2 Å². The molecule has 2 bridgehead atoms. The first-order chi connectivity index (χ1) is 18.8. The molecule has 2 amide bonds. The number of hydrogen-bond donors (Lipinski definition) is 0. The van der Waals surface area contributed by atoms with Crippen LogP contribution in [0.1, 0.15) is 87.5 Å². The largest absolute Gasteiger partial charge is 0.462 e. The molecular formula is C33H48N2O6. The van der Waals surface area contributed by atoms with E-state index in [1.807, 2.05) is 77.3 Å². The number of hydrogen-bond acceptors (Lipinski definition) is 6. The van der Waals surface area contributed by atoms with E-state index in [1.165, 1.54) is 12.2 Å². The molecule has 0 spiro atoms. The van der Waals surface area contributed by atoms with E-state index in [2.05, 4.69) is 13.2 Å². The molecule has 2 saturated heterocycles. The van der Waals surface area contributed by atoms with Gasteiger partial charge in [0.1, 0.15) is 12.2 Å². The van der Waals surface area contributed by atoms with Crippen molar-refractivity contribution in [1.82, 2.24) is 9.80 Å². The fourth-order valence-corrected chi connectivity index (χ4v) is 8.87. The van der Waals surface area contributed by atoms with Crippen LogP contribution >= 0.6 is 0 Å². The molecule has 0 radical (unpaired) electrons. The van der Waals surface area contributed by atoms with Gasteiger partial charge in [-0.1, -0.05) is 25.3 Å². The number of carbonyl (C=O) groups excluding carboxylic acids is 4. The lowest BCUT2D eigenvalue weighted by molar-refractivity contribution is -0.180. The van der Waals surface area contributed by atoms with E-state index >= 15 is 0 Å². The van der Waals surface area contributed by atoms with Gasteiger partial charge < -0.3 is 19.3 Å². The van der Waals surface area contributed by atoms with E-state index < -0.39 is 34.0 Å². The Balaban J connectivity index is 1.48. The highest BCUT2D eigenvalue weighted by Gasteiger charge is 2.56. The molecule has 2 aliphatic carbocycles. The molecule has 4 rings (SSSR count). The van der Waals surface area contributed by atoms with Crippen LogP contribution in [-0.2, 0) is 28.7 Å². The number of piperidine rings is 2. The zero-order valence-corrected chi connectivity index (χ0v) is 26.1. The Morgan fingerprint density at radius 3 is 1.20 bits per heavy atom. The lowest BCUT2D eigenvalue weighted by atomic mass is 9.77. The standard InChI is InChI=1S/C33H48N2O6/c1-11-24(36)34-30(3,4)16-22(17-31(34,5)6)40-28(38)26-20-13-14-21(15-20)27(26)29(39)41-23-18-32(7,8)35(25(37)12-2)33(9,10)19-23/h11-14,20-23,26-27H,1-2,15-19H2,3-10H3. The van der Waals surface area contributed by atoms with Gasteiger partial charge in [0, 0.05) is 47.8 Å². The number of esters is 2. The van der Waals surface area contributed by atoms with Crippen molar-refractivity contribution in [2.45, 2.75) is 122 Å². The second kappa shape index (κ2) is 10.4. The van der Waals surface area contributed by atoms with Crippen LogP contribution in [0.15, 0.2) is 37.5 Å². The van der Waals surface area contributed by atoms with Crippen LogP contribution in [-0.4, -0.2) is 67.9 Å². The topological polar surface area (TPSA) is 93.2 Å². The zero-order valence-electron chi connectivity index (χ0n) is 26.1. The minimum Gasteiger partial charge on any atom is -0.462 e. The van der Waals surface area contributed by atoms with Gasteiger partial charge in [0.2, 0.25) is 11.8 Å². The van der Waals surface area contributed by atoms with E-state index in [1.54, 1.807) is 0 Å².